The van der Waals surface area contributed by atoms with Crippen LogP contribution in [0, 0.1) is 34.0 Å². The highest BCUT2D eigenvalue weighted by Gasteiger charge is 2.13. The minimum Gasteiger partial charge on any atom is -0.488 e. The van der Waals surface area contributed by atoms with Gasteiger partial charge in [0.25, 0.3) is 0 Å². The summed E-state index contributed by atoms with van der Waals surface area (Å²) in [5, 5.41) is 25.1. The van der Waals surface area contributed by atoms with E-state index in [9.17, 15) is 0 Å². The van der Waals surface area contributed by atoms with Crippen LogP contribution < -0.4 is 4.74 Å². The van der Waals surface area contributed by atoms with Crippen LogP contribution in [0.3, 0.4) is 0 Å². The summed E-state index contributed by atoms with van der Waals surface area (Å²) in [4.78, 5) is 0. The lowest BCUT2D eigenvalue weighted by Crippen LogP contribution is -2.18. The molecule has 1 aromatic carbocycles. The second-order valence-corrected chi connectivity index (χ2v) is 3.40. The van der Waals surface area contributed by atoms with E-state index in [2.05, 4.69) is 0 Å². The van der Waals surface area contributed by atoms with E-state index in [-0.39, 0.29) is 12.3 Å². The van der Waals surface area contributed by atoms with E-state index in [1.54, 1.807) is 36.4 Å². The quantitative estimate of drug-likeness (QED) is 0.811. The minimum absolute atomic E-state index is 0.0648. The Morgan fingerprint density at radius 3 is 2.69 bits per heavy atom. The number of halogens is 1. The van der Waals surface area contributed by atoms with Crippen molar-refractivity contribution in [3.63, 3.8) is 0 Å². The molecule has 0 spiro atoms. The number of ether oxygens (including phenoxy) is 1. The third-order valence-electron chi connectivity index (χ3n) is 1.80. The third-order valence-corrected chi connectivity index (χ3v) is 2.03. The van der Waals surface area contributed by atoms with Crippen LogP contribution in [0.2, 0.25) is 5.02 Å². The van der Waals surface area contributed by atoms with Crippen LogP contribution >= 0.6 is 11.6 Å². The Hall–Kier alpha value is -2.04. The van der Waals surface area contributed by atoms with Crippen LogP contribution in [0.4, 0.5) is 0 Å². The molecule has 1 rings (SSSR count). The first kappa shape index (κ1) is 12.0. The maximum absolute atomic E-state index is 8.55. The van der Waals surface area contributed by atoms with E-state index >= 15 is 0 Å². The summed E-state index contributed by atoms with van der Waals surface area (Å²) in [6.07, 6.45) is 0. The minimum atomic E-state index is -1.06. The fourth-order valence-corrected chi connectivity index (χ4v) is 1.17. The van der Waals surface area contributed by atoms with Crippen molar-refractivity contribution in [3.05, 3.63) is 29.3 Å². The van der Waals surface area contributed by atoms with Gasteiger partial charge in [0.05, 0.1) is 17.9 Å². The average molecular weight is 234 g/mol. The number of nitriles is 2. The summed E-state index contributed by atoms with van der Waals surface area (Å²) in [7, 11) is 0. The maximum Gasteiger partial charge on any atom is 0.173 e. The first-order valence-electron chi connectivity index (χ1n) is 4.42. The van der Waals surface area contributed by atoms with Gasteiger partial charge in [-0.1, -0.05) is 17.7 Å². The Balaban J connectivity index is 2.57. The van der Waals surface area contributed by atoms with Gasteiger partial charge in [-0.15, -0.1) is 0 Å². The largest absolute Gasteiger partial charge is 0.488 e. The smallest absolute Gasteiger partial charge is 0.173 e. The molecule has 0 radical (unpaired) electrons. The van der Waals surface area contributed by atoms with Gasteiger partial charge in [-0.2, -0.15) is 10.5 Å². The molecular weight excluding hydrogens is 226 g/mol. The summed E-state index contributed by atoms with van der Waals surface area (Å²) in [5.41, 5.74) is -0.0648. The van der Waals surface area contributed by atoms with E-state index in [0.717, 1.165) is 0 Å². The number of benzene rings is 1. The van der Waals surface area contributed by atoms with Crippen LogP contribution in [-0.2, 0) is 0 Å². The standard InChI is InChI=1S/C11H8ClN3O/c12-9-2-1-3-10(4-9)16-7-11(15)8(5-13)6-14/h1-4,8,15H,7H2. The molecule has 0 unspecified atom stereocenters. The fraction of sp³-hybridized carbons (Fsp3) is 0.182. The lowest BCUT2D eigenvalue weighted by atomic mass is 10.1. The highest BCUT2D eigenvalue weighted by atomic mass is 35.5. The summed E-state index contributed by atoms with van der Waals surface area (Å²) in [6.45, 7) is -0.0911. The van der Waals surface area contributed by atoms with Gasteiger partial charge in [-0.05, 0) is 18.2 Å². The molecule has 5 heteroatoms. The van der Waals surface area contributed by atoms with Crippen LogP contribution in [0.15, 0.2) is 24.3 Å². The molecule has 1 aromatic rings. The highest BCUT2D eigenvalue weighted by Crippen LogP contribution is 2.17. The molecule has 0 aliphatic carbocycles. The van der Waals surface area contributed by atoms with Crippen LogP contribution in [0.5, 0.6) is 5.75 Å². The second-order valence-electron chi connectivity index (χ2n) is 2.96. The molecule has 0 aliphatic heterocycles. The van der Waals surface area contributed by atoms with Gasteiger partial charge in [0.2, 0.25) is 0 Å². The molecule has 0 heterocycles. The topological polar surface area (TPSA) is 80.7 Å². The number of nitrogens with zero attached hydrogens (tertiary/aromatic N) is 2. The van der Waals surface area contributed by atoms with E-state index in [1.165, 1.54) is 0 Å². The zero-order valence-corrected chi connectivity index (χ0v) is 9.03. The molecule has 0 amide bonds. The molecule has 0 aromatic heterocycles. The van der Waals surface area contributed by atoms with Crippen molar-refractivity contribution < 1.29 is 4.74 Å². The van der Waals surface area contributed by atoms with Gasteiger partial charge in [0.15, 0.2) is 5.92 Å². The van der Waals surface area contributed by atoms with Crippen LogP contribution in [0.1, 0.15) is 0 Å². The summed E-state index contributed by atoms with van der Waals surface area (Å²) < 4.78 is 5.22. The van der Waals surface area contributed by atoms with Crippen molar-refractivity contribution in [1.82, 2.24) is 0 Å². The molecule has 0 aliphatic rings. The number of hydrogen-bond acceptors (Lipinski definition) is 4. The van der Waals surface area contributed by atoms with Crippen molar-refractivity contribution in [2.24, 2.45) is 5.92 Å². The molecule has 4 nitrogen and oxygen atoms in total. The molecule has 80 valence electrons. The average Bonchev–Trinajstić information content (AvgIpc) is 2.28. The van der Waals surface area contributed by atoms with Gasteiger partial charge in [-0.25, -0.2) is 0 Å². The molecule has 1 N–H and O–H groups in total. The lowest BCUT2D eigenvalue weighted by Gasteiger charge is -2.07. The lowest BCUT2D eigenvalue weighted by molar-refractivity contribution is 0.372. The van der Waals surface area contributed by atoms with Gasteiger partial charge >= 0.3 is 0 Å². The number of nitrogens with one attached hydrogen (secondary N) is 1. The Kier molecular flexibility index (Phi) is 4.32. The molecule has 0 saturated carbocycles. The fourth-order valence-electron chi connectivity index (χ4n) is 0.986. The molecule has 0 atom stereocenters. The van der Waals surface area contributed by atoms with E-state index < -0.39 is 5.92 Å². The first-order chi connectivity index (χ1) is 7.67. The van der Waals surface area contributed by atoms with Crippen molar-refractivity contribution >= 4 is 17.3 Å². The molecular formula is C11H8ClN3O. The predicted octanol–water partition coefficient (Wildman–Crippen LogP) is 2.40. The maximum atomic E-state index is 8.55. The Morgan fingerprint density at radius 2 is 2.12 bits per heavy atom. The Morgan fingerprint density at radius 1 is 1.44 bits per heavy atom. The first-order valence-corrected chi connectivity index (χ1v) is 4.80. The second kappa shape index (κ2) is 5.75. The van der Waals surface area contributed by atoms with Gasteiger partial charge in [-0.3, -0.25) is 0 Å². The Labute approximate surface area is 98.1 Å². The van der Waals surface area contributed by atoms with E-state index in [1.807, 2.05) is 0 Å². The zero-order valence-electron chi connectivity index (χ0n) is 8.27. The van der Waals surface area contributed by atoms with Crippen LogP contribution in [-0.4, -0.2) is 12.3 Å². The van der Waals surface area contributed by atoms with E-state index in [4.69, 9.17) is 32.3 Å². The van der Waals surface area contributed by atoms with Crippen molar-refractivity contribution in [2.75, 3.05) is 6.61 Å². The third kappa shape index (κ3) is 3.27. The van der Waals surface area contributed by atoms with Gasteiger partial charge in [0, 0.05) is 5.02 Å². The van der Waals surface area contributed by atoms with Crippen LogP contribution in [0.25, 0.3) is 0 Å². The molecule has 0 bridgehead atoms. The molecule has 16 heavy (non-hydrogen) atoms. The monoisotopic (exact) mass is 233 g/mol. The number of rotatable bonds is 4. The predicted molar refractivity (Wildman–Crippen MR) is 59.4 cm³/mol. The normalized spacial score (nSPS) is 9.25. The highest BCUT2D eigenvalue weighted by molar-refractivity contribution is 6.30. The van der Waals surface area contributed by atoms with Crippen molar-refractivity contribution in [1.29, 1.82) is 15.9 Å². The summed E-state index contributed by atoms with van der Waals surface area (Å²) in [5.74, 6) is -0.550. The SMILES string of the molecule is N#CC(C#N)C(=N)COc1cccc(Cl)c1. The number of hydrogen-bond donors (Lipinski definition) is 1. The van der Waals surface area contributed by atoms with E-state index in [0.29, 0.717) is 10.8 Å². The molecule has 0 saturated heterocycles. The van der Waals surface area contributed by atoms with Gasteiger partial charge < -0.3 is 10.1 Å². The van der Waals surface area contributed by atoms with Gasteiger partial charge in [0.1, 0.15) is 12.4 Å². The summed E-state index contributed by atoms with van der Waals surface area (Å²) >= 11 is 5.74. The summed E-state index contributed by atoms with van der Waals surface area (Å²) in [6, 6.07) is 10.1. The Bertz CT molecular complexity index is 459. The zero-order chi connectivity index (χ0) is 12.0. The van der Waals surface area contributed by atoms with Crippen molar-refractivity contribution in [2.45, 2.75) is 0 Å². The van der Waals surface area contributed by atoms with Crippen molar-refractivity contribution in [3.8, 4) is 17.9 Å². The molecule has 0 fully saturated rings.